The van der Waals surface area contributed by atoms with Crippen LogP contribution in [0.1, 0.15) is 43.0 Å². The standard InChI is InChI=1S/C32H33ClN4O4S/c1-4-17-41-30(38)28-21(2)34-31-35-32(42-20-24-12-8-9-13-25(24)33)36-37(31)29(28)23-14-15-26(27(19-23)39-3)40-18-16-22-10-6-5-7-11-22/h5-15,19,29H,4,16-18,20H2,1-3H3,(H,34,35,36). The molecule has 0 saturated heterocycles. The number of aromatic nitrogens is 3. The number of halogens is 1. The molecule has 3 aromatic carbocycles. The zero-order chi connectivity index (χ0) is 29.5. The van der Waals surface area contributed by atoms with Gasteiger partial charge in [-0.1, -0.05) is 84.9 Å². The van der Waals surface area contributed by atoms with Crippen LogP contribution in [0.5, 0.6) is 11.5 Å². The Morgan fingerprint density at radius 1 is 1.05 bits per heavy atom. The summed E-state index contributed by atoms with van der Waals surface area (Å²) >= 11 is 7.84. The molecule has 1 aliphatic rings. The van der Waals surface area contributed by atoms with Gasteiger partial charge in [0, 0.05) is 22.9 Å². The summed E-state index contributed by atoms with van der Waals surface area (Å²) in [7, 11) is 1.60. The molecule has 0 bridgehead atoms. The second kappa shape index (κ2) is 13.8. The highest BCUT2D eigenvalue weighted by molar-refractivity contribution is 7.98. The average Bonchev–Trinajstić information content (AvgIpc) is 3.41. The third kappa shape index (κ3) is 6.74. The number of nitrogens with zero attached hydrogens (tertiary/aromatic N) is 3. The van der Waals surface area contributed by atoms with E-state index in [0.29, 0.717) is 57.9 Å². The van der Waals surface area contributed by atoms with Gasteiger partial charge in [-0.2, -0.15) is 4.98 Å². The first-order chi connectivity index (χ1) is 20.5. The molecule has 0 aliphatic carbocycles. The van der Waals surface area contributed by atoms with Gasteiger partial charge in [-0.3, -0.25) is 0 Å². The second-order valence-corrected chi connectivity index (χ2v) is 11.1. The fourth-order valence-corrected chi connectivity index (χ4v) is 5.81. The van der Waals surface area contributed by atoms with Crippen LogP contribution >= 0.6 is 23.4 Å². The minimum absolute atomic E-state index is 0.322. The Kier molecular flexibility index (Phi) is 9.71. The molecule has 0 saturated carbocycles. The zero-order valence-electron chi connectivity index (χ0n) is 23.8. The van der Waals surface area contributed by atoms with Crippen LogP contribution in [0, 0.1) is 0 Å². The normalized spacial score (nSPS) is 14.2. The Balaban J connectivity index is 1.44. The average molecular weight is 605 g/mol. The van der Waals surface area contributed by atoms with E-state index in [0.717, 1.165) is 24.0 Å². The molecule has 0 radical (unpaired) electrons. The van der Waals surface area contributed by atoms with Gasteiger partial charge < -0.3 is 19.5 Å². The first-order valence-electron chi connectivity index (χ1n) is 13.8. The van der Waals surface area contributed by atoms with Crippen LogP contribution in [0.2, 0.25) is 5.02 Å². The van der Waals surface area contributed by atoms with E-state index in [4.69, 9.17) is 35.9 Å². The number of anilines is 1. The van der Waals surface area contributed by atoms with Gasteiger partial charge in [0.05, 0.1) is 25.9 Å². The van der Waals surface area contributed by atoms with Gasteiger partial charge in [0.2, 0.25) is 11.1 Å². The van der Waals surface area contributed by atoms with E-state index in [9.17, 15) is 4.79 Å². The van der Waals surface area contributed by atoms with E-state index in [1.54, 1.807) is 11.8 Å². The molecule has 1 N–H and O–H groups in total. The molecule has 5 rings (SSSR count). The minimum Gasteiger partial charge on any atom is -0.493 e. The Labute approximate surface area is 255 Å². The summed E-state index contributed by atoms with van der Waals surface area (Å²) in [6, 6.07) is 23.0. The Hall–Kier alpha value is -3.95. The highest BCUT2D eigenvalue weighted by atomic mass is 35.5. The lowest BCUT2D eigenvalue weighted by atomic mass is 9.95. The van der Waals surface area contributed by atoms with Crippen molar-refractivity contribution in [3.8, 4) is 11.5 Å². The van der Waals surface area contributed by atoms with Crippen LogP contribution in [-0.4, -0.2) is 41.1 Å². The summed E-state index contributed by atoms with van der Waals surface area (Å²) in [4.78, 5) is 18.1. The molecule has 2 heterocycles. The van der Waals surface area contributed by atoms with Crippen LogP contribution in [0.4, 0.5) is 5.95 Å². The van der Waals surface area contributed by atoms with E-state index in [1.165, 1.54) is 17.3 Å². The number of allylic oxidation sites excluding steroid dienone is 1. The number of nitrogens with one attached hydrogen (secondary N) is 1. The number of esters is 1. The van der Waals surface area contributed by atoms with E-state index < -0.39 is 12.0 Å². The molecule has 4 aromatic rings. The highest BCUT2D eigenvalue weighted by Crippen LogP contribution is 2.40. The summed E-state index contributed by atoms with van der Waals surface area (Å²) in [5.74, 6) is 1.92. The maximum atomic E-state index is 13.4. The van der Waals surface area contributed by atoms with Crippen molar-refractivity contribution >= 4 is 35.3 Å². The highest BCUT2D eigenvalue weighted by Gasteiger charge is 2.35. The lowest BCUT2D eigenvalue weighted by Gasteiger charge is -2.28. The number of hydrogen-bond acceptors (Lipinski definition) is 8. The molecule has 218 valence electrons. The van der Waals surface area contributed by atoms with Crippen molar-refractivity contribution in [1.82, 2.24) is 14.8 Å². The number of fused-ring (bicyclic) bond motifs is 1. The van der Waals surface area contributed by atoms with Crippen molar-refractivity contribution in [3.05, 3.63) is 106 Å². The molecule has 1 unspecified atom stereocenters. The fraction of sp³-hybridized carbons (Fsp3) is 0.281. The number of carbonyl (C=O) groups excluding carboxylic acids is 1. The number of ether oxygens (including phenoxy) is 3. The van der Waals surface area contributed by atoms with Crippen molar-refractivity contribution in [3.63, 3.8) is 0 Å². The second-order valence-electron chi connectivity index (χ2n) is 9.74. The van der Waals surface area contributed by atoms with Crippen LogP contribution < -0.4 is 14.8 Å². The topological polar surface area (TPSA) is 87.5 Å². The number of methoxy groups -OCH3 is 1. The quantitative estimate of drug-likeness (QED) is 0.135. The predicted octanol–water partition coefficient (Wildman–Crippen LogP) is 7.10. The van der Waals surface area contributed by atoms with Crippen molar-refractivity contribution < 1.29 is 19.0 Å². The lowest BCUT2D eigenvalue weighted by Crippen LogP contribution is -2.29. The van der Waals surface area contributed by atoms with Crippen molar-refractivity contribution in [2.45, 2.75) is 43.6 Å². The summed E-state index contributed by atoms with van der Waals surface area (Å²) < 4.78 is 19.1. The fourth-order valence-electron chi connectivity index (χ4n) is 4.69. The minimum atomic E-state index is -0.583. The first-order valence-corrected chi connectivity index (χ1v) is 15.2. The van der Waals surface area contributed by atoms with E-state index in [2.05, 4.69) is 17.4 Å². The van der Waals surface area contributed by atoms with Gasteiger partial charge in [-0.25, -0.2) is 9.48 Å². The van der Waals surface area contributed by atoms with E-state index in [1.807, 2.05) is 74.5 Å². The van der Waals surface area contributed by atoms with Gasteiger partial charge in [-0.05, 0) is 48.2 Å². The number of benzene rings is 3. The molecule has 0 spiro atoms. The molecule has 10 heteroatoms. The van der Waals surface area contributed by atoms with Crippen molar-refractivity contribution in [2.75, 3.05) is 25.6 Å². The summed E-state index contributed by atoms with van der Waals surface area (Å²) in [5.41, 5.74) is 4.10. The Bertz CT molecular complexity index is 1570. The van der Waals surface area contributed by atoms with E-state index >= 15 is 0 Å². The van der Waals surface area contributed by atoms with Gasteiger partial charge in [0.1, 0.15) is 6.04 Å². The Morgan fingerprint density at radius 2 is 1.83 bits per heavy atom. The molecule has 0 fully saturated rings. The number of thioether (sulfide) groups is 1. The van der Waals surface area contributed by atoms with E-state index in [-0.39, 0.29) is 0 Å². The van der Waals surface area contributed by atoms with Gasteiger partial charge >= 0.3 is 5.97 Å². The maximum Gasteiger partial charge on any atom is 0.338 e. The van der Waals surface area contributed by atoms with Crippen LogP contribution in [-0.2, 0) is 21.7 Å². The molecular weight excluding hydrogens is 572 g/mol. The molecular formula is C32H33ClN4O4S. The smallest absolute Gasteiger partial charge is 0.338 e. The van der Waals surface area contributed by atoms with Gasteiger partial charge in [0.15, 0.2) is 11.5 Å². The third-order valence-electron chi connectivity index (χ3n) is 6.80. The van der Waals surface area contributed by atoms with Gasteiger partial charge in [-0.15, -0.1) is 5.10 Å². The number of hydrogen-bond donors (Lipinski definition) is 1. The predicted molar refractivity (Wildman–Crippen MR) is 165 cm³/mol. The van der Waals surface area contributed by atoms with Crippen LogP contribution in [0.15, 0.2) is 89.2 Å². The lowest BCUT2D eigenvalue weighted by molar-refractivity contribution is -0.139. The molecule has 8 nitrogen and oxygen atoms in total. The monoisotopic (exact) mass is 604 g/mol. The summed E-state index contributed by atoms with van der Waals surface area (Å²) in [5, 5.41) is 9.32. The van der Waals surface area contributed by atoms with Crippen molar-refractivity contribution in [2.24, 2.45) is 0 Å². The third-order valence-corrected chi connectivity index (χ3v) is 8.05. The SMILES string of the molecule is CCCOC(=O)C1=C(C)Nc2nc(SCc3ccccc3Cl)nn2C1c1ccc(OCCc2ccccc2)c(OC)c1. The largest absolute Gasteiger partial charge is 0.493 e. The summed E-state index contributed by atoms with van der Waals surface area (Å²) in [6.45, 7) is 4.63. The van der Waals surface area contributed by atoms with Crippen molar-refractivity contribution in [1.29, 1.82) is 0 Å². The van der Waals surface area contributed by atoms with Gasteiger partial charge in [0.25, 0.3) is 0 Å². The molecule has 1 atom stereocenters. The first kappa shape index (κ1) is 29.5. The molecule has 1 aliphatic heterocycles. The number of carbonyl (C=O) groups is 1. The van der Waals surface area contributed by atoms with Crippen LogP contribution in [0.3, 0.4) is 0 Å². The zero-order valence-corrected chi connectivity index (χ0v) is 25.4. The number of rotatable bonds is 12. The summed E-state index contributed by atoms with van der Waals surface area (Å²) in [6.07, 6.45) is 1.49. The molecule has 1 aromatic heterocycles. The molecule has 42 heavy (non-hydrogen) atoms. The van der Waals surface area contributed by atoms with Crippen LogP contribution in [0.25, 0.3) is 0 Å². The molecule has 0 amide bonds. The maximum absolute atomic E-state index is 13.4. The Morgan fingerprint density at radius 3 is 2.60 bits per heavy atom.